The molecule has 0 spiro atoms. The zero-order valence-corrected chi connectivity index (χ0v) is 16.6. The number of hydrogen-bond acceptors (Lipinski definition) is 6. The number of rotatable bonds is 4. The minimum atomic E-state index is -0.728. The standard InChI is InChI=1S/C6H14O2.2C5H8O2.Ti/c1-5(7)4-6(2,3)8;2*1-4(6)3-5(2)7;/h5,7-8H,4H2,1-3H3;2*3,6H,1-2H3;/b;2*4-3-;. The minimum absolute atomic E-state index is 0. The van der Waals surface area contributed by atoms with Crippen molar-refractivity contribution in [3.8, 4) is 0 Å². The van der Waals surface area contributed by atoms with E-state index < -0.39 is 11.7 Å². The maximum absolute atomic E-state index is 10.0. The Bertz CT molecular complexity index is 356. The molecule has 0 rings (SSSR count). The molecule has 0 heterocycles. The Balaban J connectivity index is -0.000000116. The van der Waals surface area contributed by atoms with Crippen LogP contribution < -0.4 is 0 Å². The quantitative estimate of drug-likeness (QED) is 0.345. The molecule has 0 amide bonds. The molecule has 0 aliphatic heterocycles. The second kappa shape index (κ2) is 15.9. The van der Waals surface area contributed by atoms with E-state index in [1.165, 1.54) is 39.8 Å². The first-order valence-electron chi connectivity index (χ1n) is 6.83. The zero-order chi connectivity index (χ0) is 18.5. The normalized spacial score (nSPS) is 12.6. The first kappa shape index (κ1) is 30.0. The van der Waals surface area contributed by atoms with Crippen molar-refractivity contribution >= 4 is 11.6 Å². The van der Waals surface area contributed by atoms with Gasteiger partial charge in [0.25, 0.3) is 0 Å². The number of aliphatic hydroxyl groups is 4. The van der Waals surface area contributed by atoms with Gasteiger partial charge in [-0.05, 0) is 48.5 Å². The van der Waals surface area contributed by atoms with Crippen molar-refractivity contribution in [2.75, 3.05) is 0 Å². The van der Waals surface area contributed by atoms with Gasteiger partial charge in [0.05, 0.1) is 23.2 Å². The van der Waals surface area contributed by atoms with Crippen LogP contribution in [0.4, 0.5) is 0 Å². The van der Waals surface area contributed by atoms with Crippen molar-refractivity contribution in [3.05, 3.63) is 23.7 Å². The second-order valence-corrected chi connectivity index (χ2v) is 5.66. The summed E-state index contributed by atoms with van der Waals surface area (Å²) in [6.07, 6.45) is 2.36. The average molecular weight is 366 g/mol. The Morgan fingerprint density at radius 2 is 1.22 bits per heavy atom. The molecule has 0 aromatic heterocycles. The fraction of sp³-hybridized carbons (Fsp3) is 0.625. The molecule has 23 heavy (non-hydrogen) atoms. The molecule has 0 aromatic carbocycles. The summed E-state index contributed by atoms with van der Waals surface area (Å²) in [6.45, 7) is 10.7. The van der Waals surface area contributed by atoms with E-state index in [9.17, 15) is 9.59 Å². The fourth-order valence-electron chi connectivity index (χ4n) is 1.31. The molecule has 0 radical (unpaired) electrons. The summed E-state index contributed by atoms with van der Waals surface area (Å²) in [5.41, 5.74) is -0.728. The van der Waals surface area contributed by atoms with Crippen molar-refractivity contribution in [2.24, 2.45) is 0 Å². The second-order valence-electron chi connectivity index (χ2n) is 5.66. The van der Waals surface area contributed by atoms with Gasteiger partial charge in [-0.25, -0.2) is 0 Å². The summed E-state index contributed by atoms with van der Waals surface area (Å²) < 4.78 is 0. The summed E-state index contributed by atoms with van der Waals surface area (Å²) in [6, 6.07) is 0. The molecule has 0 saturated carbocycles. The molecule has 7 heteroatoms. The summed E-state index contributed by atoms with van der Waals surface area (Å²) in [4.78, 5) is 20.0. The van der Waals surface area contributed by atoms with Crippen LogP contribution in [-0.2, 0) is 31.3 Å². The minimum Gasteiger partial charge on any atom is -0.512 e. The van der Waals surface area contributed by atoms with Gasteiger partial charge in [-0.3, -0.25) is 9.59 Å². The van der Waals surface area contributed by atoms with Crippen LogP contribution in [0.25, 0.3) is 0 Å². The SMILES string of the molecule is CC(=O)/C=C(/C)O.CC(=O)/C=C(/C)O.CC(O)CC(C)(C)O.[Ti]. The number of aliphatic hydroxyl groups excluding tert-OH is 3. The van der Waals surface area contributed by atoms with Crippen molar-refractivity contribution in [2.45, 2.75) is 66.6 Å². The maximum atomic E-state index is 10.0. The first-order chi connectivity index (χ1) is 9.67. The number of hydrogen-bond donors (Lipinski definition) is 4. The van der Waals surface area contributed by atoms with Gasteiger partial charge >= 0.3 is 0 Å². The number of ketones is 2. The van der Waals surface area contributed by atoms with E-state index in [1.54, 1.807) is 20.8 Å². The van der Waals surface area contributed by atoms with E-state index in [2.05, 4.69) is 0 Å². The van der Waals surface area contributed by atoms with E-state index in [-0.39, 0.29) is 44.8 Å². The Kier molecular flexibility index (Phi) is 20.8. The van der Waals surface area contributed by atoms with Crippen molar-refractivity contribution < 1.29 is 51.7 Å². The van der Waals surface area contributed by atoms with Crippen LogP contribution in [0.5, 0.6) is 0 Å². The molecular weight excluding hydrogens is 336 g/mol. The van der Waals surface area contributed by atoms with Crippen LogP contribution in [0, 0.1) is 0 Å². The molecule has 0 aliphatic rings. The molecule has 1 unspecified atom stereocenters. The molecule has 0 aromatic rings. The van der Waals surface area contributed by atoms with E-state index in [0.29, 0.717) is 6.42 Å². The van der Waals surface area contributed by atoms with Crippen LogP contribution in [0.1, 0.15) is 54.9 Å². The molecule has 0 aliphatic carbocycles. The monoisotopic (exact) mass is 366 g/mol. The van der Waals surface area contributed by atoms with Gasteiger partial charge in [0.2, 0.25) is 0 Å². The van der Waals surface area contributed by atoms with Crippen LogP contribution in [-0.4, -0.2) is 43.7 Å². The van der Waals surface area contributed by atoms with Crippen molar-refractivity contribution in [3.63, 3.8) is 0 Å². The number of carbonyl (C=O) groups excluding carboxylic acids is 2. The topological polar surface area (TPSA) is 115 Å². The van der Waals surface area contributed by atoms with Crippen LogP contribution in [0.3, 0.4) is 0 Å². The number of allylic oxidation sites excluding steroid dienone is 4. The smallest absolute Gasteiger partial charge is 0.155 e. The van der Waals surface area contributed by atoms with Crippen molar-refractivity contribution in [1.29, 1.82) is 0 Å². The molecular formula is C16H30O6Ti. The predicted octanol–water partition coefficient (Wildman–Crippen LogP) is 2.60. The molecule has 0 fully saturated rings. The van der Waals surface area contributed by atoms with Gasteiger partial charge in [0, 0.05) is 40.3 Å². The molecule has 4 N–H and O–H groups in total. The van der Waals surface area contributed by atoms with E-state index in [4.69, 9.17) is 20.4 Å². The van der Waals surface area contributed by atoms with Gasteiger partial charge in [-0.1, -0.05) is 0 Å². The molecule has 1 atom stereocenters. The Morgan fingerprint density at radius 1 is 0.957 bits per heavy atom. The molecule has 6 nitrogen and oxygen atoms in total. The van der Waals surface area contributed by atoms with Gasteiger partial charge in [0.15, 0.2) is 11.6 Å². The third kappa shape index (κ3) is 52.6. The van der Waals surface area contributed by atoms with Crippen LogP contribution >= 0.6 is 0 Å². The zero-order valence-electron chi connectivity index (χ0n) is 15.0. The summed E-state index contributed by atoms with van der Waals surface area (Å²) >= 11 is 0. The Hall–Kier alpha value is -0.946. The third-order valence-electron chi connectivity index (χ3n) is 1.62. The van der Waals surface area contributed by atoms with Gasteiger partial charge in [0.1, 0.15) is 0 Å². The molecule has 134 valence electrons. The van der Waals surface area contributed by atoms with E-state index in [0.717, 1.165) is 0 Å². The predicted molar refractivity (Wildman–Crippen MR) is 86.7 cm³/mol. The fourth-order valence-corrected chi connectivity index (χ4v) is 1.31. The van der Waals surface area contributed by atoms with Crippen LogP contribution in [0.2, 0.25) is 0 Å². The summed E-state index contributed by atoms with van der Waals surface area (Å²) in [5.74, 6) is -0.125. The number of carbonyl (C=O) groups is 2. The Labute approximate surface area is 153 Å². The summed E-state index contributed by atoms with van der Waals surface area (Å²) in [5, 5.41) is 34.5. The van der Waals surface area contributed by atoms with Gasteiger partial charge in [-0.15, -0.1) is 0 Å². The average Bonchev–Trinajstić information content (AvgIpc) is 2.08. The van der Waals surface area contributed by atoms with Crippen LogP contribution in [0.15, 0.2) is 23.7 Å². The molecule has 0 bridgehead atoms. The van der Waals surface area contributed by atoms with E-state index in [1.807, 2.05) is 0 Å². The molecule has 0 saturated heterocycles. The van der Waals surface area contributed by atoms with Crippen molar-refractivity contribution in [1.82, 2.24) is 0 Å². The largest absolute Gasteiger partial charge is 0.512 e. The van der Waals surface area contributed by atoms with E-state index >= 15 is 0 Å². The maximum Gasteiger partial charge on any atom is 0.155 e. The summed E-state index contributed by atoms with van der Waals surface area (Å²) in [7, 11) is 0. The van der Waals surface area contributed by atoms with Gasteiger partial charge in [-0.2, -0.15) is 0 Å². The first-order valence-corrected chi connectivity index (χ1v) is 6.83. The van der Waals surface area contributed by atoms with Gasteiger partial charge < -0.3 is 20.4 Å². The third-order valence-corrected chi connectivity index (χ3v) is 1.62. The Morgan fingerprint density at radius 3 is 1.22 bits per heavy atom.